The lowest BCUT2D eigenvalue weighted by molar-refractivity contribution is -0.118. The fraction of sp³-hybridized carbons (Fsp3) is 0.158. The molecule has 0 aliphatic carbocycles. The van der Waals surface area contributed by atoms with Gasteiger partial charge in [-0.3, -0.25) is 10.1 Å². The second kappa shape index (κ2) is 7.97. The quantitative estimate of drug-likeness (QED) is 0.701. The van der Waals surface area contributed by atoms with E-state index >= 15 is 0 Å². The lowest BCUT2D eigenvalue weighted by Crippen LogP contribution is -2.20. The number of halogens is 1. The van der Waals surface area contributed by atoms with Gasteiger partial charge in [-0.2, -0.15) is 0 Å². The molecule has 2 aromatic carbocycles. The van der Waals surface area contributed by atoms with Crippen LogP contribution in [0.2, 0.25) is 0 Å². The van der Waals surface area contributed by atoms with Crippen molar-refractivity contribution >= 4 is 22.4 Å². The smallest absolute Gasteiger partial charge is 0.264 e. The number of nitrogens with one attached hydrogen (secondary N) is 1. The molecule has 1 aromatic heterocycles. The number of benzene rings is 2. The first-order valence-corrected chi connectivity index (χ1v) is 8.72. The van der Waals surface area contributed by atoms with Crippen LogP contribution in [0.15, 0.2) is 47.8 Å². The maximum atomic E-state index is 13.8. The number of hydrogen-bond donors (Lipinski definition) is 1. The van der Waals surface area contributed by atoms with Crippen LogP contribution in [0.5, 0.6) is 11.5 Å². The minimum Gasteiger partial charge on any atom is -0.494 e. The van der Waals surface area contributed by atoms with E-state index in [-0.39, 0.29) is 18.3 Å². The normalized spacial score (nSPS) is 10.4. The molecule has 0 spiro atoms. The van der Waals surface area contributed by atoms with Crippen LogP contribution >= 0.6 is 11.3 Å². The molecule has 0 aliphatic heterocycles. The SMILES string of the molecule is COc1ccc(-c2csc(NC(=O)COc3ccc(C)cc3)n2)cc1F. The number of ether oxygens (including phenoxy) is 2. The summed E-state index contributed by atoms with van der Waals surface area (Å²) in [6.07, 6.45) is 0. The predicted octanol–water partition coefficient (Wildman–Crippen LogP) is 4.28. The van der Waals surface area contributed by atoms with Crippen molar-refractivity contribution in [2.45, 2.75) is 6.92 Å². The Hall–Kier alpha value is -2.93. The second-order valence-electron chi connectivity index (χ2n) is 5.54. The van der Waals surface area contributed by atoms with Crippen LogP contribution < -0.4 is 14.8 Å². The number of rotatable bonds is 6. The number of thiazole rings is 1. The lowest BCUT2D eigenvalue weighted by Gasteiger charge is -2.06. The molecule has 0 fully saturated rings. The van der Waals surface area contributed by atoms with E-state index in [0.717, 1.165) is 5.56 Å². The van der Waals surface area contributed by atoms with Crippen LogP contribution in [0, 0.1) is 12.7 Å². The number of aryl methyl sites for hydroxylation is 1. The molecule has 1 N–H and O–H groups in total. The molecule has 26 heavy (non-hydrogen) atoms. The highest BCUT2D eigenvalue weighted by molar-refractivity contribution is 7.14. The summed E-state index contributed by atoms with van der Waals surface area (Å²) in [5.41, 5.74) is 2.30. The molecule has 0 unspecified atom stereocenters. The maximum Gasteiger partial charge on any atom is 0.264 e. The molecule has 7 heteroatoms. The Labute approximate surface area is 154 Å². The predicted molar refractivity (Wildman–Crippen MR) is 99.4 cm³/mol. The molecule has 0 aliphatic rings. The van der Waals surface area contributed by atoms with Crippen molar-refractivity contribution in [1.82, 2.24) is 4.98 Å². The van der Waals surface area contributed by atoms with Crippen molar-refractivity contribution in [2.24, 2.45) is 0 Å². The van der Waals surface area contributed by atoms with Crippen LogP contribution in [-0.4, -0.2) is 24.6 Å². The standard InChI is InChI=1S/C19H17FN2O3S/c1-12-3-6-14(7-4-12)25-10-18(23)22-19-21-16(11-26-19)13-5-8-17(24-2)15(20)9-13/h3-9,11H,10H2,1-2H3,(H,21,22,23). The average molecular weight is 372 g/mol. The average Bonchev–Trinajstić information content (AvgIpc) is 3.09. The zero-order valence-electron chi connectivity index (χ0n) is 14.3. The highest BCUT2D eigenvalue weighted by Crippen LogP contribution is 2.28. The highest BCUT2D eigenvalue weighted by atomic mass is 32.1. The first-order chi connectivity index (χ1) is 12.5. The summed E-state index contributed by atoms with van der Waals surface area (Å²) in [6, 6.07) is 12.0. The zero-order valence-corrected chi connectivity index (χ0v) is 15.1. The summed E-state index contributed by atoms with van der Waals surface area (Å²) in [5, 5.41) is 4.85. The molecule has 0 bridgehead atoms. The van der Waals surface area contributed by atoms with Crippen LogP contribution in [0.1, 0.15) is 5.56 Å². The van der Waals surface area contributed by atoms with Crippen LogP contribution in [0.25, 0.3) is 11.3 Å². The minimum absolute atomic E-state index is 0.116. The maximum absolute atomic E-state index is 13.8. The van der Waals surface area contributed by atoms with Gasteiger partial charge in [-0.1, -0.05) is 17.7 Å². The molecule has 0 saturated heterocycles. The number of aromatic nitrogens is 1. The lowest BCUT2D eigenvalue weighted by atomic mass is 10.1. The summed E-state index contributed by atoms with van der Waals surface area (Å²) >= 11 is 1.26. The van der Waals surface area contributed by atoms with E-state index in [1.54, 1.807) is 11.4 Å². The van der Waals surface area contributed by atoms with Gasteiger partial charge in [-0.15, -0.1) is 11.3 Å². The van der Waals surface area contributed by atoms with Gasteiger partial charge in [0.1, 0.15) is 5.75 Å². The largest absolute Gasteiger partial charge is 0.494 e. The van der Waals surface area contributed by atoms with Gasteiger partial charge >= 0.3 is 0 Å². The van der Waals surface area contributed by atoms with E-state index in [2.05, 4.69) is 10.3 Å². The molecule has 0 atom stereocenters. The molecule has 3 rings (SSSR count). The fourth-order valence-electron chi connectivity index (χ4n) is 2.23. The summed E-state index contributed by atoms with van der Waals surface area (Å²) in [7, 11) is 1.41. The molecule has 0 radical (unpaired) electrons. The number of carbonyl (C=O) groups is 1. The van der Waals surface area contributed by atoms with Crippen molar-refractivity contribution < 1.29 is 18.7 Å². The van der Waals surface area contributed by atoms with E-state index < -0.39 is 5.82 Å². The molecular formula is C19H17FN2O3S. The zero-order chi connectivity index (χ0) is 18.5. The van der Waals surface area contributed by atoms with Crippen LogP contribution in [-0.2, 0) is 4.79 Å². The Balaban J connectivity index is 1.60. The summed E-state index contributed by atoms with van der Waals surface area (Å²) in [5.74, 6) is 0.0208. The van der Waals surface area contributed by atoms with E-state index in [0.29, 0.717) is 22.1 Å². The van der Waals surface area contributed by atoms with Crippen molar-refractivity contribution in [3.8, 4) is 22.8 Å². The van der Waals surface area contributed by atoms with Gasteiger partial charge in [0.25, 0.3) is 5.91 Å². The minimum atomic E-state index is -0.463. The van der Waals surface area contributed by atoms with Gasteiger partial charge in [0.15, 0.2) is 23.3 Å². The third-order valence-corrected chi connectivity index (χ3v) is 4.35. The van der Waals surface area contributed by atoms with Gasteiger partial charge in [0.05, 0.1) is 12.8 Å². The van der Waals surface area contributed by atoms with Crippen molar-refractivity contribution in [3.63, 3.8) is 0 Å². The summed E-state index contributed by atoms with van der Waals surface area (Å²) < 4.78 is 24.1. The van der Waals surface area contributed by atoms with Crippen molar-refractivity contribution in [1.29, 1.82) is 0 Å². The third-order valence-electron chi connectivity index (χ3n) is 3.59. The van der Waals surface area contributed by atoms with E-state index in [4.69, 9.17) is 9.47 Å². The van der Waals surface area contributed by atoms with E-state index in [1.165, 1.54) is 30.6 Å². The number of carbonyl (C=O) groups excluding carboxylic acids is 1. The summed E-state index contributed by atoms with van der Waals surface area (Å²) in [4.78, 5) is 16.3. The van der Waals surface area contributed by atoms with Gasteiger partial charge in [0.2, 0.25) is 0 Å². The fourth-order valence-corrected chi connectivity index (χ4v) is 2.96. The molecule has 3 aromatic rings. The number of methoxy groups -OCH3 is 1. The van der Waals surface area contributed by atoms with Gasteiger partial charge in [-0.25, -0.2) is 9.37 Å². The monoisotopic (exact) mass is 372 g/mol. The first-order valence-electron chi connectivity index (χ1n) is 7.84. The van der Waals surface area contributed by atoms with Gasteiger partial charge in [-0.05, 0) is 37.3 Å². The Kier molecular flexibility index (Phi) is 5.48. The molecule has 5 nitrogen and oxygen atoms in total. The van der Waals surface area contributed by atoms with E-state index in [1.807, 2.05) is 31.2 Å². The number of hydrogen-bond acceptors (Lipinski definition) is 5. The van der Waals surface area contributed by atoms with Crippen LogP contribution in [0.4, 0.5) is 9.52 Å². The third kappa shape index (κ3) is 4.37. The Morgan fingerprint density at radius 1 is 1.23 bits per heavy atom. The van der Waals surface area contributed by atoms with Crippen molar-refractivity contribution in [3.05, 3.63) is 59.2 Å². The number of anilines is 1. The topological polar surface area (TPSA) is 60.5 Å². The van der Waals surface area contributed by atoms with Gasteiger partial charge in [0, 0.05) is 10.9 Å². The molecule has 0 saturated carbocycles. The van der Waals surface area contributed by atoms with Crippen LogP contribution in [0.3, 0.4) is 0 Å². The molecule has 1 amide bonds. The molecular weight excluding hydrogens is 355 g/mol. The summed E-state index contributed by atoms with van der Waals surface area (Å²) in [6.45, 7) is 1.86. The molecule has 134 valence electrons. The Bertz CT molecular complexity index is 909. The second-order valence-corrected chi connectivity index (χ2v) is 6.40. The Morgan fingerprint density at radius 3 is 2.69 bits per heavy atom. The van der Waals surface area contributed by atoms with E-state index in [9.17, 15) is 9.18 Å². The molecule has 1 heterocycles. The Morgan fingerprint density at radius 2 is 2.00 bits per heavy atom. The first kappa shape index (κ1) is 17.9. The van der Waals surface area contributed by atoms with Gasteiger partial charge < -0.3 is 9.47 Å². The van der Waals surface area contributed by atoms with Crippen molar-refractivity contribution in [2.75, 3.05) is 19.0 Å². The highest BCUT2D eigenvalue weighted by Gasteiger charge is 2.11. The number of amides is 1. The number of nitrogens with zero attached hydrogens (tertiary/aromatic N) is 1.